The molecule has 0 fully saturated rings. The highest BCUT2D eigenvalue weighted by Gasteiger charge is 1.97. The van der Waals surface area contributed by atoms with Crippen molar-refractivity contribution in [1.82, 2.24) is 15.8 Å². The van der Waals surface area contributed by atoms with Gasteiger partial charge in [-0.05, 0) is 6.92 Å². The summed E-state index contributed by atoms with van der Waals surface area (Å²) in [5.41, 5.74) is 3.16. The minimum atomic E-state index is -0.634. The van der Waals surface area contributed by atoms with Crippen molar-refractivity contribution in [1.29, 1.82) is 0 Å². The summed E-state index contributed by atoms with van der Waals surface area (Å²) in [7, 11) is 3.25. The summed E-state index contributed by atoms with van der Waals surface area (Å²) in [5.74, 6) is -0.941. The Bertz CT molecular complexity index is 303. The zero-order valence-corrected chi connectivity index (χ0v) is 12.8. The third kappa shape index (κ3) is 36.0. The van der Waals surface area contributed by atoms with Crippen LogP contribution < -0.4 is 10.8 Å². The van der Waals surface area contributed by atoms with Crippen molar-refractivity contribution in [2.24, 2.45) is 0 Å². The molecule has 1 rings (SSSR count). The van der Waals surface area contributed by atoms with Crippen LogP contribution in [0.1, 0.15) is 13.8 Å². The van der Waals surface area contributed by atoms with E-state index >= 15 is 0 Å². The smallest absolute Gasteiger partial charge is 0.262 e. The number of aldehydes is 1. The molecule has 1 aromatic heterocycles. The van der Waals surface area contributed by atoms with Crippen LogP contribution in [0.4, 0.5) is 0 Å². The molecule has 116 valence electrons. The fraction of sp³-hybridized carbons (Fsp3) is 0.455. The van der Waals surface area contributed by atoms with Crippen molar-refractivity contribution in [3.63, 3.8) is 0 Å². The maximum absolute atomic E-state index is 10.1. The molecule has 0 saturated heterocycles. The van der Waals surface area contributed by atoms with Gasteiger partial charge in [-0.3, -0.25) is 19.8 Å². The Hall–Kier alpha value is -1.84. The predicted molar refractivity (Wildman–Crippen MR) is 75.4 cm³/mol. The van der Waals surface area contributed by atoms with E-state index in [1.165, 1.54) is 19.3 Å². The second kappa shape index (κ2) is 22.3. The number of rotatable bonds is 2. The van der Waals surface area contributed by atoms with E-state index < -0.39 is 5.91 Å². The fourth-order valence-corrected chi connectivity index (χ4v) is 0.771. The minimum absolute atomic E-state index is 0.189. The molecule has 0 atom stereocenters. The molecular formula is C11H21N3O5S. The molecule has 20 heavy (non-hydrogen) atoms. The van der Waals surface area contributed by atoms with Gasteiger partial charge in [-0.15, -0.1) is 11.3 Å². The van der Waals surface area contributed by atoms with Gasteiger partial charge in [-0.2, -0.15) is 0 Å². The van der Waals surface area contributed by atoms with E-state index in [9.17, 15) is 9.59 Å². The average Bonchev–Trinajstić information content (AvgIpc) is 2.97. The number of aromatic nitrogens is 1. The molecule has 2 amide bonds. The topological polar surface area (TPSA) is 118 Å². The molecule has 0 aliphatic carbocycles. The molecule has 0 bridgehead atoms. The van der Waals surface area contributed by atoms with Crippen LogP contribution >= 0.6 is 11.3 Å². The standard InChI is InChI=1S/C4H8N2O3.C3H3NS.C2H6O.C2H4O/c1-3(7)5-2-4(8)6-9;1-2-5-3-4-1;1-3-2;1-2-3/h9H,2H2,1H3,(H,5,7)(H,6,8);1-3H;1-2H3;2H,1H3. The molecule has 8 nitrogen and oxygen atoms in total. The number of hydrogen-bond acceptors (Lipinski definition) is 7. The van der Waals surface area contributed by atoms with Gasteiger partial charge in [0.1, 0.15) is 6.29 Å². The Labute approximate surface area is 122 Å². The number of carbonyl (C=O) groups excluding carboxylic acids is 3. The summed E-state index contributed by atoms with van der Waals surface area (Å²) < 4.78 is 4.25. The number of ether oxygens (including phenoxy) is 1. The van der Waals surface area contributed by atoms with E-state index in [2.05, 4.69) is 15.0 Å². The van der Waals surface area contributed by atoms with Crippen molar-refractivity contribution >= 4 is 29.4 Å². The Kier molecular flexibility index (Phi) is 26.0. The van der Waals surface area contributed by atoms with Crippen molar-refractivity contribution < 1.29 is 24.3 Å². The third-order valence-corrected chi connectivity index (χ3v) is 1.49. The van der Waals surface area contributed by atoms with Gasteiger partial charge in [0.15, 0.2) is 0 Å². The monoisotopic (exact) mass is 307 g/mol. The normalized spacial score (nSPS) is 7.25. The first-order valence-electron chi connectivity index (χ1n) is 5.29. The zero-order valence-electron chi connectivity index (χ0n) is 12.0. The molecular weight excluding hydrogens is 286 g/mol. The number of nitrogens with one attached hydrogen (secondary N) is 2. The zero-order chi connectivity index (χ0) is 16.2. The Morgan fingerprint density at radius 2 is 1.95 bits per heavy atom. The quantitative estimate of drug-likeness (QED) is 0.409. The van der Waals surface area contributed by atoms with Crippen molar-refractivity contribution in [3.05, 3.63) is 17.1 Å². The highest BCUT2D eigenvalue weighted by Crippen LogP contribution is 1.85. The molecule has 0 aliphatic rings. The first-order valence-corrected chi connectivity index (χ1v) is 6.23. The van der Waals surface area contributed by atoms with E-state index in [1.54, 1.807) is 37.3 Å². The summed E-state index contributed by atoms with van der Waals surface area (Å²) in [4.78, 5) is 32.8. The predicted octanol–water partition coefficient (Wildman–Crippen LogP) is 0.239. The molecule has 0 aliphatic heterocycles. The third-order valence-electron chi connectivity index (χ3n) is 0.970. The summed E-state index contributed by atoms with van der Waals surface area (Å²) in [6.45, 7) is 2.54. The van der Waals surface area contributed by atoms with Crippen LogP contribution in [0, 0.1) is 0 Å². The fourth-order valence-electron chi connectivity index (χ4n) is 0.420. The van der Waals surface area contributed by atoms with E-state index in [0.717, 1.165) is 6.29 Å². The lowest BCUT2D eigenvalue weighted by Crippen LogP contribution is -2.34. The average molecular weight is 307 g/mol. The van der Waals surface area contributed by atoms with E-state index in [-0.39, 0.29) is 12.5 Å². The van der Waals surface area contributed by atoms with Crippen molar-refractivity contribution in [3.8, 4) is 0 Å². The Morgan fingerprint density at radius 3 is 2.15 bits per heavy atom. The van der Waals surface area contributed by atoms with Gasteiger partial charge in [0.05, 0.1) is 12.1 Å². The second-order valence-corrected chi connectivity index (χ2v) is 3.52. The molecule has 0 unspecified atom stereocenters. The lowest BCUT2D eigenvalue weighted by molar-refractivity contribution is -0.130. The number of methoxy groups -OCH3 is 1. The summed E-state index contributed by atoms with van der Waals surface area (Å²) in [6, 6.07) is 0. The number of hydroxylamine groups is 1. The summed E-state index contributed by atoms with van der Waals surface area (Å²) in [5, 5.41) is 12.0. The molecule has 9 heteroatoms. The molecule has 0 saturated carbocycles. The van der Waals surface area contributed by atoms with Gasteiger partial charge in [-0.25, -0.2) is 5.48 Å². The number of hydrogen-bond donors (Lipinski definition) is 3. The maximum Gasteiger partial charge on any atom is 0.262 e. The van der Waals surface area contributed by atoms with Crippen LogP contribution in [0.2, 0.25) is 0 Å². The van der Waals surface area contributed by atoms with Crippen LogP contribution in [0.3, 0.4) is 0 Å². The van der Waals surface area contributed by atoms with E-state index in [1.807, 2.05) is 5.38 Å². The molecule has 3 N–H and O–H groups in total. The molecule has 0 spiro atoms. The van der Waals surface area contributed by atoms with Crippen molar-refractivity contribution in [2.75, 3.05) is 20.8 Å². The highest BCUT2D eigenvalue weighted by atomic mass is 32.1. The second-order valence-electron chi connectivity index (χ2n) is 2.76. The van der Waals surface area contributed by atoms with Gasteiger partial charge in [0.25, 0.3) is 5.91 Å². The molecule has 0 aromatic carbocycles. The van der Waals surface area contributed by atoms with Crippen LogP contribution in [0.15, 0.2) is 17.1 Å². The minimum Gasteiger partial charge on any atom is -0.388 e. The lowest BCUT2D eigenvalue weighted by Gasteiger charge is -1.97. The van der Waals surface area contributed by atoms with E-state index in [0.29, 0.717) is 0 Å². The molecule has 1 heterocycles. The maximum atomic E-state index is 10.1. The number of amides is 2. The Morgan fingerprint density at radius 1 is 1.45 bits per heavy atom. The van der Waals surface area contributed by atoms with Gasteiger partial charge in [-0.1, -0.05) is 0 Å². The highest BCUT2D eigenvalue weighted by molar-refractivity contribution is 7.07. The van der Waals surface area contributed by atoms with Gasteiger partial charge in [0, 0.05) is 32.7 Å². The first-order chi connectivity index (χ1) is 9.49. The Balaban J connectivity index is -0.000000220. The van der Waals surface area contributed by atoms with Crippen LogP contribution in [-0.4, -0.2) is 49.1 Å². The summed E-state index contributed by atoms with van der Waals surface area (Å²) >= 11 is 1.60. The SMILES string of the molecule is CC(=O)NCC(=O)NO.CC=O.COC.c1cscn1. The molecule has 0 radical (unpaired) electrons. The number of carbonyl (C=O) groups is 3. The summed E-state index contributed by atoms with van der Waals surface area (Å²) in [6.07, 6.45) is 2.52. The van der Waals surface area contributed by atoms with Gasteiger partial charge in [0.2, 0.25) is 5.91 Å². The lowest BCUT2D eigenvalue weighted by atomic mass is 10.6. The van der Waals surface area contributed by atoms with Crippen LogP contribution in [0.25, 0.3) is 0 Å². The molecule has 1 aromatic rings. The van der Waals surface area contributed by atoms with E-state index in [4.69, 9.17) is 10.0 Å². The number of thiazole rings is 1. The number of nitrogens with zero attached hydrogens (tertiary/aromatic N) is 1. The first kappa shape index (κ1) is 23.3. The van der Waals surface area contributed by atoms with Gasteiger partial charge < -0.3 is 14.8 Å². The van der Waals surface area contributed by atoms with Crippen LogP contribution in [-0.2, 0) is 19.1 Å². The largest absolute Gasteiger partial charge is 0.388 e. The van der Waals surface area contributed by atoms with Gasteiger partial charge >= 0.3 is 0 Å². The van der Waals surface area contributed by atoms with Crippen LogP contribution in [0.5, 0.6) is 0 Å². The van der Waals surface area contributed by atoms with Crippen molar-refractivity contribution in [2.45, 2.75) is 13.8 Å².